The number of carboxylic acid groups (broad SMARTS) is 1. The molecule has 0 heterocycles. The predicted molar refractivity (Wildman–Crippen MR) is 132 cm³/mol. The van der Waals surface area contributed by atoms with Crippen LogP contribution in [-0.2, 0) is 0 Å². The van der Waals surface area contributed by atoms with Gasteiger partial charge in [-0.05, 0) is 64.4 Å². The minimum Gasteiger partial charge on any atom is -0.478 e. The molecule has 0 amide bonds. The van der Waals surface area contributed by atoms with Gasteiger partial charge in [-0.25, -0.2) is 9.59 Å². The molecule has 0 aliphatic heterocycles. The highest BCUT2D eigenvalue weighted by molar-refractivity contribution is 5.98. The summed E-state index contributed by atoms with van der Waals surface area (Å²) >= 11 is 0. The summed E-state index contributed by atoms with van der Waals surface area (Å²) in [5.74, 6) is -1.46. The van der Waals surface area contributed by atoms with Crippen LogP contribution in [-0.4, -0.2) is 34.2 Å². The van der Waals surface area contributed by atoms with Crippen LogP contribution in [0.5, 0.6) is 5.75 Å². The highest BCUT2D eigenvalue weighted by atomic mass is 16.5. The molecule has 1 unspecified atom stereocenters. The summed E-state index contributed by atoms with van der Waals surface area (Å²) in [5.41, 5.74) is 3.63. The van der Waals surface area contributed by atoms with E-state index < -0.39 is 18.0 Å². The first-order valence-corrected chi connectivity index (χ1v) is 11.1. The average molecular weight is 462 g/mol. The van der Waals surface area contributed by atoms with Crippen molar-refractivity contribution >= 4 is 11.9 Å². The molecule has 0 aromatic heterocycles. The summed E-state index contributed by atoms with van der Waals surface area (Å²) in [4.78, 5) is 24.8. The number of aliphatic hydroxyl groups excluding tert-OH is 1. The molecule has 178 valence electrons. The second-order valence-electron chi connectivity index (χ2n) is 9.51. The van der Waals surface area contributed by atoms with Gasteiger partial charge >= 0.3 is 11.9 Å². The third kappa shape index (κ3) is 6.31. The highest BCUT2D eigenvalue weighted by Gasteiger charge is 2.21. The van der Waals surface area contributed by atoms with E-state index in [1.807, 2.05) is 46.8 Å². The molecule has 3 N–H and O–H groups in total. The number of aryl methyl sites for hydroxylation is 2. The molecule has 6 nitrogen and oxygen atoms in total. The number of esters is 1. The first kappa shape index (κ1) is 25.1. The number of carboxylic acids is 1. The van der Waals surface area contributed by atoms with Gasteiger partial charge in [-0.3, -0.25) is 0 Å². The van der Waals surface area contributed by atoms with Gasteiger partial charge in [0.05, 0.1) is 17.2 Å². The van der Waals surface area contributed by atoms with Crippen molar-refractivity contribution in [3.05, 3.63) is 88.5 Å². The van der Waals surface area contributed by atoms with Crippen LogP contribution in [0.15, 0.2) is 60.7 Å². The number of nitrogens with one attached hydrogen (secondary N) is 1. The van der Waals surface area contributed by atoms with Gasteiger partial charge in [-0.2, -0.15) is 0 Å². The predicted octanol–water partition coefficient (Wildman–Crippen LogP) is 5.31. The number of carbonyl (C=O) groups is 2. The number of hydrogen-bond acceptors (Lipinski definition) is 5. The summed E-state index contributed by atoms with van der Waals surface area (Å²) in [7, 11) is 0. The fourth-order valence-electron chi connectivity index (χ4n) is 3.49. The molecular weight excluding hydrogens is 430 g/mol. The fraction of sp³-hybridized carbons (Fsp3) is 0.286. The van der Waals surface area contributed by atoms with Gasteiger partial charge in [0, 0.05) is 23.2 Å². The maximum Gasteiger partial charge on any atom is 0.343 e. The molecule has 0 saturated heterocycles. The van der Waals surface area contributed by atoms with Gasteiger partial charge < -0.3 is 20.3 Å². The fourth-order valence-corrected chi connectivity index (χ4v) is 3.49. The van der Waals surface area contributed by atoms with E-state index in [0.29, 0.717) is 28.8 Å². The van der Waals surface area contributed by atoms with Crippen LogP contribution in [0.2, 0.25) is 0 Å². The molecule has 6 heteroatoms. The number of benzene rings is 3. The van der Waals surface area contributed by atoms with Crippen LogP contribution in [0.3, 0.4) is 0 Å². The van der Waals surface area contributed by atoms with Gasteiger partial charge in [-0.15, -0.1) is 0 Å². The normalized spacial score (nSPS) is 12.3. The lowest BCUT2D eigenvalue weighted by Crippen LogP contribution is -2.38. The largest absolute Gasteiger partial charge is 0.478 e. The Morgan fingerprint density at radius 3 is 2.18 bits per heavy atom. The Morgan fingerprint density at radius 1 is 0.912 bits per heavy atom. The zero-order valence-electron chi connectivity index (χ0n) is 20.2. The summed E-state index contributed by atoms with van der Waals surface area (Å²) in [6.45, 7) is 10.1. The van der Waals surface area contributed by atoms with Crippen molar-refractivity contribution in [1.29, 1.82) is 0 Å². The Labute approximate surface area is 200 Å². The molecule has 0 fully saturated rings. The van der Waals surface area contributed by atoms with Gasteiger partial charge in [-0.1, -0.05) is 47.5 Å². The number of carbonyl (C=O) groups excluding carboxylic acids is 1. The summed E-state index contributed by atoms with van der Waals surface area (Å²) < 4.78 is 5.77. The van der Waals surface area contributed by atoms with E-state index in [9.17, 15) is 19.8 Å². The second kappa shape index (κ2) is 10.2. The third-order valence-electron chi connectivity index (χ3n) is 5.40. The van der Waals surface area contributed by atoms with E-state index in [1.54, 1.807) is 42.5 Å². The number of aromatic carboxylic acids is 1. The lowest BCUT2D eigenvalue weighted by atomic mass is 9.94. The van der Waals surface area contributed by atoms with Crippen molar-refractivity contribution in [1.82, 2.24) is 5.32 Å². The van der Waals surface area contributed by atoms with E-state index in [2.05, 4.69) is 5.32 Å². The topological polar surface area (TPSA) is 95.9 Å². The Balaban J connectivity index is 2.06. The summed E-state index contributed by atoms with van der Waals surface area (Å²) in [6, 6.07) is 17.0. The van der Waals surface area contributed by atoms with Crippen molar-refractivity contribution in [3.8, 4) is 16.9 Å². The number of β-amino-alcohol motifs (C(OH)–C–C–N with tert-alkyl or cyclic N) is 1. The lowest BCUT2D eigenvalue weighted by Gasteiger charge is -2.23. The Kier molecular flexibility index (Phi) is 7.54. The maximum absolute atomic E-state index is 12.9. The molecule has 0 spiro atoms. The van der Waals surface area contributed by atoms with Gasteiger partial charge in [0.25, 0.3) is 0 Å². The van der Waals surface area contributed by atoms with Gasteiger partial charge in [0.15, 0.2) is 0 Å². The smallest absolute Gasteiger partial charge is 0.343 e. The number of hydrogen-bond donors (Lipinski definition) is 3. The Morgan fingerprint density at radius 2 is 1.56 bits per heavy atom. The van der Waals surface area contributed by atoms with Gasteiger partial charge in [0.2, 0.25) is 0 Å². The first-order chi connectivity index (χ1) is 15.9. The molecule has 0 saturated carbocycles. The first-order valence-electron chi connectivity index (χ1n) is 11.1. The number of ether oxygens (including phenoxy) is 1. The molecule has 0 aliphatic rings. The van der Waals surface area contributed by atoms with Crippen molar-refractivity contribution in [3.63, 3.8) is 0 Å². The lowest BCUT2D eigenvalue weighted by molar-refractivity contribution is 0.0696. The molecule has 3 aromatic rings. The van der Waals surface area contributed by atoms with E-state index >= 15 is 0 Å². The van der Waals surface area contributed by atoms with Crippen molar-refractivity contribution in [2.75, 3.05) is 6.54 Å². The molecule has 3 aromatic carbocycles. The zero-order chi connectivity index (χ0) is 25.0. The van der Waals surface area contributed by atoms with Crippen LogP contribution < -0.4 is 10.1 Å². The molecule has 34 heavy (non-hydrogen) atoms. The standard InChI is InChI=1S/C28H31NO5/c1-17-6-9-19(10-7-17)27(33)34-25-15-20(24(30)16-29-28(3,4)5)11-13-21(25)23-14-18(2)8-12-22(23)26(31)32/h6-15,24,29-30H,16H2,1-5H3,(H,31,32). The molecule has 0 bridgehead atoms. The molecule has 3 rings (SSSR count). The van der Waals surface area contributed by atoms with Crippen LogP contribution >= 0.6 is 0 Å². The highest BCUT2D eigenvalue weighted by Crippen LogP contribution is 2.36. The zero-order valence-corrected chi connectivity index (χ0v) is 20.2. The minimum absolute atomic E-state index is 0.0981. The van der Waals surface area contributed by atoms with E-state index in [1.165, 1.54) is 6.07 Å². The van der Waals surface area contributed by atoms with Crippen LogP contribution in [0.1, 0.15) is 64.3 Å². The Hall–Kier alpha value is -3.48. The Bertz CT molecular complexity index is 1190. The molecule has 0 aliphatic carbocycles. The molecule has 0 radical (unpaired) electrons. The van der Waals surface area contributed by atoms with Crippen molar-refractivity contribution < 1.29 is 24.5 Å². The van der Waals surface area contributed by atoms with E-state index in [-0.39, 0.29) is 16.9 Å². The molecular formula is C28H31NO5. The SMILES string of the molecule is Cc1ccc(C(=O)Oc2cc(C(O)CNC(C)(C)C)ccc2-c2cc(C)ccc2C(=O)O)cc1. The summed E-state index contributed by atoms with van der Waals surface area (Å²) in [5, 5.41) is 23.7. The maximum atomic E-state index is 12.9. The van der Waals surface area contributed by atoms with Gasteiger partial charge in [0.1, 0.15) is 5.75 Å². The average Bonchev–Trinajstić information content (AvgIpc) is 2.77. The van der Waals surface area contributed by atoms with Crippen LogP contribution in [0.25, 0.3) is 11.1 Å². The number of aliphatic hydroxyl groups is 1. The minimum atomic E-state index is -1.08. The van der Waals surface area contributed by atoms with Crippen LogP contribution in [0.4, 0.5) is 0 Å². The van der Waals surface area contributed by atoms with Crippen molar-refractivity contribution in [2.24, 2.45) is 0 Å². The quantitative estimate of drug-likeness (QED) is 0.326. The van der Waals surface area contributed by atoms with Crippen LogP contribution in [0, 0.1) is 13.8 Å². The van der Waals surface area contributed by atoms with E-state index in [0.717, 1.165) is 11.1 Å². The van der Waals surface area contributed by atoms with E-state index in [4.69, 9.17) is 4.74 Å². The number of rotatable bonds is 7. The van der Waals surface area contributed by atoms with Crippen molar-refractivity contribution in [2.45, 2.75) is 46.3 Å². The third-order valence-corrected chi connectivity index (χ3v) is 5.40. The molecule has 1 atom stereocenters. The second-order valence-corrected chi connectivity index (χ2v) is 9.51. The summed E-state index contributed by atoms with van der Waals surface area (Å²) in [6.07, 6.45) is -0.846. The monoisotopic (exact) mass is 461 g/mol.